The van der Waals surface area contributed by atoms with Gasteiger partial charge in [-0.3, -0.25) is 4.79 Å². The number of aromatic nitrogens is 4. The van der Waals surface area contributed by atoms with Gasteiger partial charge in [0, 0.05) is 33.2 Å². The fraction of sp³-hybridized carbons (Fsp3) is 0.217. The van der Waals surface area contributed by atoms with Crippen LogP contribution in [0.3, 0.4) is 0 Å². The summed E-state index contributed by atoms with van der Waals surface area (Å²) in [6.07, 6.45) is 0.171. The topological polar surface area (TPSA) is 81.4 Å². The van der Waals surface area contributed by atoms with E-state index in [1.807, 2.05) is 57.2 Å². The van der Waals surface area contributed by atoms with Gasteiger partial charge in [-0.05, 0) is 62.7 Å². The summed E-state index contributed by atoms with van der Waals surface area (Å²) >= 11 is 6.16. The van der Waals surface area contributed by atoms with Crippen molar-refractivity contribution < 1.29 is 9.53 Å². The lowest BCUT2D eigenvalue weighted by Crippen LogP contribution is -2.18. The van der Waals surface area contributed by atoms with E-state index in [0.717, 1.165) is 33.8 Å². The molecule has 0 aliphatic rings. The van der Waals surface area contributed by atoms with Crippen LogP contribution in [0.2, 0.25) is 5.02 Å². The van der Waals surface area contributed by atoms with E-state index in [1.54, 1.807) is 17.7 Å². The molecule has 4 aromatic rings. The number of ether oxygens (including phenoxy) is 1. The van der Waals surface area contributed by atoms with Gasteiger partial charge in [-0.1, -0.05) is 17.7 Å². The lowest BCUT2D eigenvalue weighted by atomic mass is 10.1. The highest BCUT2D eigenvalue weighted by atomic mass is 35.5. The van der Waals surface area contributed by atoms with Crippen LogP contribution in [-0.2, 0) is 11.2 Å². The Hall–Kier alpha value is -3.45. The van der Waals surface area contributed by atoms with Crippen LogP contribution in [0.4, 0.5) is 5.69 Å². The van der Waals surface area contributed by atoms with Gasteiger partial charge in [-0.15, -0.1) is 5.10 Å². The Morgan fingerprint density at radius 2 is 1.84 bits per heavy atom. The summed E-state index contributed by atoms with van der Waals surface area (Å²) in [6.45, 7) is 5.67. The van der Waals surface area contributed by atoms with Gasteiger partial charge in [0.15, 0.2) is 5.82 Å². The van der Waals surface area contributed by atoms with Crippen LogP contribution < -0.4 is 10.1 Å². The van der Waals surface area contributed by atoms with Gasteiger partial charge < -0.3 is 10.1 Å². The van der Waals surface area contributed by atoms with E-state index in [-0.39, 0.29) is 12.3 Å². The highest BCUT2D eigenvalue weighted by Crippen LogP contribution is 2.24. The second-order valence-corrected chi connectivity index (χ2v) is 7.68. The molecule has 0 spiro atoms. The van der Waals surface area contributed by atoms with Crippen LogP contribution in [-0.4, -0.2) is 32.6 Å². The number of carbonyl (C=O) groups is 1. The third-order valence-electron chi connectivity index (χ3n) is 5.28. The van der Waals surface area contributed by atoms with Crippen LogP contribution in [0.15, 0.2) is 42.5 Å². The fourth-order valence-electron chi connectivity index (χ4n) is 3.42. The van der Waals surface area contributed by atoms with Crippen molar-refractivity contribution in [1.29, 1.82) is 0 Å². The molecule has 0 saturated heterocycles. The van der Waals surface area contributed by atoms with E-state index in [2.05, 4.69) is 20.4 Å². The zero-order valence-electron chi connectivity index (χ0n) is 17.7. The zero-order valence-corrected chi connectivity index (χ0v) is 18.5. The number of anilines is 1. The first kappa shape index (κ1) is 20.8. The van der Waals surface area contributed by atoms with Crippen LogP contribution in [0.5, 0.6) is 5.75 Å². The number of halogens is 1. The summed E-state index contributed by atoms with van der Waals surface area (Å²) in [5.74, 6) is 1.68. The van der Waals surface area contributed by atoms with Crippen molar-refractivity contribution in [3.8, 4) is 17.1 Å². The largest absolute Gasteiger partial charge is 0.497 e. The van der Waals surface area contributed by atoms with E-state index in [0.29, 0.717) is 22.3 Å². The van der Waals surface area contributed by atoms with E-state index in [9.17, 15) is 4.79 Å². The number of rotatable bonds is 5. The lowest BCUT2D eigenvalue weighted by Gasteiger charge is -2.12. The normalized spacial score (nSPS) is 11.0. The molecule has 0 fully saturated rings. The van der Waals surface area contributed by atoms with Crippen LogP contribution in [0.1, 0.15) is 22.5 Å². The average Bonchev–Trinajstić information content (AvgIpc) is 3.18. The van der Waals surface area contributed by atoms with E-state index in [1.165, 1.54) is 0 Å². The third-order valence-corrected chi connectivity index (χ3v) is 5.69. The van der Waals surface area contributed by atoms with Crippen molar-refractivity contribution in [2.24, 2.45) is 0 Å². The van der Waals surface area contributed by atoms with E-state index >= 15 is 0 Å². The highest BCUT2D eigenvalue weighted by Gasteiger charge is 2.17. The SMILES string of the molecule is COc1ccc(-c2nc3nc(C)c(CC(=O)Nc4cccc(Cl)c4C)c(C)n3n2)cc1. The Balaban J connectivity index is 1.63. The van der Waals surface area contributed by atoms with Crippen molar-refractivity contribution in [1.82, 2.24) is 19.6 Å². The Labute approximate surface area is 185 Å². The standard InChI is InChI=1S/C23H22ClN5O2/c1-13-19(24)6-5-7-20(13)26-21(30)12-18-14(2)25-23-27-22(28-29(23)15(18)3)16-8-10-17(31-4)11-9-16/h5-11H,12H2,1-4H3,(H,26,30). The second kappa shape index (κ2) is 8.35. The molecule has 31 heavy (non-hydrogen) atoms. The number of hydrogen-bond acceptors (Lipinski definition) is 5. The summed E-state index contributed by atoms with van der Waals surface area (Å²) < 4.78 is 6.88. The summed E-state index contributed by atoms with van der Waals surface area (Å²) in [6, 6.07) is 13.0. The summed E-state index contributed by atoms with van der Waals surface area (Å²) in [7, 11) is 1.62. The molecule has 8 heteroatoms. The zero-order chi connectivity index (χ0) is 22.1. The van der Waals surface area contributed by atoms with Crippen molar-refractivity contribution in [2.45, 2.75) is 27.2 Å². The minimum atomic E-state index is -0.145. The Morgan fingerprint density at radius 1 is 1.10 bits per heavy atom. The summed E-state index contributed by atoms with van der Waals surface area (Å²) in [5, 5.41) is 8.16. The van der Waals surface area contributed by atoms with Gasteiger partial charge in [-0.2, -0.15) is 4.98 Å². The predicted octanol–water partition coefficient (Wildman–Crippen LogP) is 4.56. The number of nitrogens with one attached hydrogen (secondary N) is 1. The maximum absolute atomic E-state index is 12.7. The number of aryl methyl sites for hydroxylation is 2. The fourth-order valence-corrected chi connectivity index (χ4v) is 3.60. The molecule has 158 valence electrons. The van der Waals surface area contributed by atoms with Gasteiger partial charge in [0.25, 0.3) is 5.78 Å². The molecule has 0 aliphatic heterocycles. The molecular weight excluding hydrogens is 414 g/mol. The van der Waals surface area contributed by atoms with E-state index < -0.39 is 0 Å². The van der Waals surface area contributed by atoms with Gasteiger partial charge in [-0.25, -0.2) is 9.50 Å². The molecule has 0 atom stereocenters. The molecular formula is C23H22ClN5O2. The van der Waals surface area contributed by atoms with Gasteiger partial charge in [0.1, 0.15) is 5.75 Å². The molecule has 1 N–H and O–H groups in total. The minimum Gasteiger partial charge on any atom is -0.497 e. The molecule has 0 aliphatic carbocycles. The minimum absolute atomic E-state index is 0.145. The summed E-state index contributed by atoms with van der Waals surface area (Å²) in [4.78, 5) is 21.9. The van der Waals surface area contributed by atoms with Gasteiger partial charge in [0.2, 0.25) is 5.91 Å². The number of carbonyl (C=O) groups excluding carboxylic acids is 1. The van der Waals surface area contributed by atoms with Crippen LogP contribution in [0, 0.1) is 20.8 Å². The Bertz CT molecular complexity index is 1280. The van der Waals surface area contributed by atoms with E-state index in [4.69, 9.17) is 16.3 Å². The molecule has 0 unspecified atom stereocenters. The lowest BCUT2D eigenvalue weighted by molar-refractivity contribution is -0.115. The van der Waals surface area contributed by atoms with Crippen molar-refractivity contribution in [3.63, 3.8) is 0 Å². The maximum Gasteiger partial charge on any atom is 0.253 e. The molecule has 2 aromatic heterocycles. The highest BCUT2D eigenvalue weighted by molar-refractivity contribution is 6.31. The third kappa shape index (κ3) is 4.09. The monoisotopic (exact) mass is 435 g/mol. The number of amides is 1. The quantitative estimate of drug-likeness (QED) is 0.497. The molecule has 0 saturated carbocycles. The maximum atomic E-state index is 12.7. The molecule has 7 nitrogen and oxygen atoms in total. The summed E-state index contributed by atoms with van der Waals surface area (Å²) in [5.41, 5.74) is 4.78. The average molecular weight is 436 g/mol. The van der Waals surface area contributed by atoms with Crippen LogP contribution >= 0.6 is 11.6 Å². The molecule has 2 aromatic carbocycles. The number of methoxy groups -OCH3 is 1. The molecule has 0 radical (unpaired) electrons. The molecule has 4 rings (SSSR count). The van der Waals surface area contributed by atoms with Crippen molar-refractivity contribution in [3.05, 3.63) is 70.0 Å². The number of nitrogens with zero attached hydrogens (tertiary/aromatic N) is 4. The predicted molar refractivity (Wildman–Crippen MR) is 121 cm³/mol. The van der Waals surface area contributed by atoms with Gasteiger partial charge in [0.05, 0.1) is 13.5 Å². The van der Waals surface area contributed by atoms with Crippen LogP contribution in [0.25, 0.3) is 17.2 Å². The Kier molecular flexibility index (Phi) is 5.61. The molecule has 0 bridgehead atoms. The van der Waals surface area contributed by atoms with Gasteiger partial charge >= 0.3 is 0 Å². The number of fused-ring (bicyclic) bond motifs is 1. The second-order valence-electron chi connectivity index (χ2n) is 7.27. The van der Waals surface area contributed by atoms with Crippen molar-refractivity contribution >= 4 is 29.0 Å². The smallest absolute Gasteiger partial charge is 0.253 e. The number of benzene rings is 2. The first-order valence-electron chi connectivity index (χ1n) is 9.79. The first-order valence-corrected chi connectivity index (χ1v) is 10.2. The molecule has 2 heterocycles. The first-order chi connectivity index (χ1) is 14.9. The molecule has 1 amide bonds. The van der Waals surface area contributed by atoms with Crippen molar-refractivity contribution in [2.75, 3.05) is 12.4 Å². The number of hydrogen-bond donors (Lipinski definition) is 1. The Morgan fingerprint density at radius 3 is 2.55 bits per heavy atom.